The first-order chi connectivity index (χ1) is 15.5. The summed E-state index contributed by atoms with van der Waals surface area (Å²) in [6, 6.07) is 10.5. The summed E-state index contributed by atoms with van der Waals surface area (Å²) < 4.78 is 0. The molecule has 11 heteroatoms. The van der Waals surface area contributed by atoms with E-state index in [1.165, 1.54) is 23.5 Å². The summed E-state index contributed by atoms with van der Waals surface area (Å²) >= 11 is 2.65. The van der Waals surface area contributed by atoms with Gasteiger partial charge in [-0.05, 0) is 18.1 Å². The standard InChI is InChI=1S/C21H23N5O4S2/c27-16-15(25-19(30)22-10-7-14-5-2-1-3-6-14)17-26(16)11-21(12-31-17,18(28)29)13-32-20-23-8-4-9-24-20/h1-6,8-9,15,17H,7,10-13H2,(H,28,29)(H2,22,25,30)/t15?,17-,21?/m1/s1. The average Bonchev–Trinajstić information content (AvgIpc) is 2.82. The predicted molar refractivity (Wildman–Crippen MR) is 121 cm³/mol. The number of aliphatic carboxylic acids is 1. The number of carboxylic acid groups (broad SMARTS) is 1. The summed E-state index contributed by atoms with van der Waals surface area (Å²) in [6.07, 6.45) is 3.91. The van der Waals surface area contributed by atoms with E-state index >= 15 is 0 Å². The summed E-state index contributed by atoms with van der Waals surface area (Å²) in [4.78, 5) is 46.8. The molecule has 0 spiro atoms. The number of benzene rings is 1. The minimum absolute atomic E-state index is 0.104. The second kappa shape index (κ2) is 9.78. The zero-order valence-electron chi connectivity index (χ0n) is 17.1. The minimum Gasteiger partial charge on any atom is -0.481 e. The lowest BCUT2D eigenvalue weighted by molar-refractivity contribution is -0.156. The van der Waals surface area contributed by atoms with E-state index < -0.39 is 23.5 Å². The summed E-state index contributed by atoms with van der Waals surface area (Å²) in [6.45, 7) is 0.561. The van der Waals surface area contributed by atoms with Crippen molar-refractivity contribution in [2.75, 3.05) is 24.6 Å². The van der Waals surface area contributed by atoms with Crippen molar-refractivity contribution < 1.29 is 19.5 Å². The maximum absolute atomic E-state index is 12.7. The molecule has 2 aliphatic rings. The van der Waals surface area contributed by atoms with E-state index in [9.17, 15) is 19.5 Å². The molecule has 2 saturated heterocycles. The van der Waals surface area contributed by atoms with Gasteiger partial charge in [0.15, 0.2) is 5.16 Å². The Labute approximate surface area is 193 Å². The molecular formula is C21H23N5O4S2. The van der Waals surface area contributed by atoms with Crippen molar-refractivity contribution in [1.82, 2.24) is 25.5 Å². The number of rotatable bonds is 8. The highest BCUT2D eigenvalue weighted by molar-refractivity contribution is 8.00. The molecule has 0 bridgehead atoms. The Hall–Kier alpha value is -2.79. The topological polar surface area (TPSA) is 125 Å². The van der Waals surface area contributed by atoms with Crippen LogP contribution in [-0.2, 0) is 16.0 Å². The SMILES string of the molecule is O=C(NCCc1ccccc1)NC1C(=O)N2CC(CSc3ncccn3)(C(=O)O)CS[C@H]12. The van der Waals surface area contributed by atoms with Crippen molar-refractivity contribution in [2.45, 2.75) is 23.0 Å². The van der Waals surface area contributed by atoms with Crippen LogP contribution in [0.15, 0.2) is 53.9 Å². The fourth-order valence-electron chi connectivity index (χ4n) is 3.63. The van der Waals surface area contributed by atoms with Crippen molar-refractivity contribution in [3.8, 4) is 0 Å². The molecule has 0 aliphatic carbocycles. The molecule has 2 unspecified atom stereocenters. The third-order valence-corrected chi connectivity index (χ3v) is 8.20. The molecule has 1 aromatic carbocycles. The fourth-order valence-corrected chi connectivity index (χ4v) is 6.29. The van der Waals surface area contributed by atoms with Crippen molar-refractivity contribution in [1.29, 1.82) is 0 Å². The van der Waals surface area contributed by atoms with E-state index in [0.717, 1.165) is 5.56 Å². The summed E-state index contributed by atoms with van der Waals surface area (Å²) in [7, 11) is 0. The molecule has 0 saturated carbocycles. The highest BCUT2D eigenvalue weighted by Gasteiger charge is 2.57. The molecule has 0 radical (unpaired) electrons. The molecule has 2 fully saturated rings. The van der Waals surface area contributed by atoms with Crippen LogP contribution in [0, 0.1) is 5.41 Å². The maximum atomic E-state index is 12.7. The van der Waals surface area contributed by atoms with Crippen LogP contribution < -0.4 is 10.6 Å². The molecule has 2 aromatic rings. The number of β-lactam (4-membered cyclic amide) rings is 1. The maximum Gasteiger partial charge on any atom is 0.315 e. The van der Waals surface area contributed by atoms with Crippen molar-refractivity contribution in [3.05, 3.63) is 54.4 Å². The summed E-state index contributed by atoms with van der Waals surface area (Å²) in [5.74, 6) is -0.611. The smallest absolute Gasteiger partial charge is 0.315 e. The molecule has 168 valence electrons. The van der Waals surface area contributed by atoms with Gasteiger partial charge in [-0.15, -0.1) is 11.8 Å². The highest BCUT2D eigenvalue weighted by Crippen LogP contribution is 2.44. The van der Waals surface area contributed by atoms with Crippen molar-refractivity contribution >= 4 is 41.4 Å². The quantitative estimate of drug-likeness (QED) is 0.299. The van der Waals surface area contributed by atoms with E-state index in [-0.39, 0.29) is 23.6 Å². The zero-order valence-corrected chi connectivity index (χ0v) is 18.8. The number of aromatic nitrogens is 2. The van der Waals surface area contributed by atoms with E-state index in [1.54, 1.807) is 23.4 Å². The number of hydrogen-bond acceptors (Lipinski definition) is 7. The van der Waals surface area contributed by atoms with E-state index in [0.29, 0.717) is 23.9 Å². The van der Waals surface area contributed by atoms with Crippen LogP contribution in [0.5, 0.6) is 0 Å². The van der Waals surface area contributed by atoms with E-state index in [2.05, 4.69) is 20.6 Å². The van der Waals surface area contributed by atoms with Gasteiger partial charge in [0, 0.05) is 37.0 Å². The number of hydrogen-bond donors (Lipinski definition) is 3. The highest BCUT2D eigenvalue weighted by atomic mass is 32.2. The first-order valence-electron chi connectivity index (χ1n) is 10.1. The lowest BCUT2D eigenvalue weighted by Gasteiger charge is -2.53. The molecule has 1 aromatic heterocycles. The number of urea groups is 1. The minimum atomic E-state index is -1.09. The second-order valence-electron chi connectivity index (χ2n) is 7.69. The molecule has 3 N–H and O–H groups in total. The van der Waals surface area contributed by atoms with Crippen LogP contribution >= 0.6 is 23.5 Å². The summed E-state index contributed by atoms with van der Waals surface area (Å²) in [5.41, 5.74) is 0.0224. The van der Waals surface area contributed by atoms with Gasteiger partial charge in [0.1, 0.15) is 16.8 Å². The van der Waals surface area contributed by atoms with Gasteiger partial charge in [-0.25, -0.2) is 14.8 Å². The molecule has 4 rings (SSSR count). The van der Waals surface area contributed by atoms with Gasteiger partial charge < -0.3 is 20.6 Å². The van der Waals surface area contributed by atoms with Crippen LogP contribution in [0.2, 0.25) is 0 Å². The second-order valence-corrected chi connectivity index (χ2v) is 9.73. The Morgan fingerprint density at radius 2 is 1.97 bits per heavy atom. The molecule has 3 amide bonds. The molecule has 3 heterocycles. The fraction of sp³-hybridized carbons (Fsp3) is 0.381. The summed E-state index contributed by atoms with van der Waals surface area (Å²) in [5, 5.41) is 15.7. The van der Waals surface area contributed by atoms with Gasteiger partial charge in [-0.3, -0.25) is 9.59 Å². The van der Waals surface area contributed by atoms with Crippen molar-refractivity contribution in [3.63, 3.8) is 0 Å². The molecule has 3 atom stereocenters. The van der Waals surface area contributed by atoms with Gasteiger partial charge in [-0.2, -0.15) is 0 Å². The van der Waals surface area contributed by atoms with Gasteiger partial charge in [-0.1, -0.05) is 42.1 Å². The van der Waals surface area contributed by atoms with E-state index in [1.807, 2.05) is 30.3 Å². The average molecular weight is 474 g/mol. The number of nitrogens with zero attached hydrogens (tertiary/aromatic N) is 3. The van der Waals surface area contributed by atoms with Gasteiger partial charge in [0.05, 0.1) is 0 Å². The normalized spacial score (nSPS) is 24.2. The lowest BCUT2D eigenvalue weighted by Crippen LogP contribution is -2.74. The van der Waals surface area contributed by atoms with Gasteiger partial charge in [0.25, 0.3) is 0 Å². The number of amides is 3. The zero-order chi connectivity index (χ0) is 22.6. The Morgan fingerprint density at radius 1 is 1.22 bits per heavy atom. The first kappa shape index (κ1) is 22.4. The third-order valence-electron chi connectivity index (χ3n) is 5.45. The first-order valence-corrected chi connectivity index (χ1v) is 12.2. The van der Waals surface area contributed by atoms with Crippen LogP contribution in [0.3, 0.4) is 0 Å². The monoisotopic (exact) mass is 473 g/mol. The van der Waals surface area contributed by atoms with E-state index in [4.69, 9.17) is 0 Å². The van der Waals surface area contributed by atoms with Crippen molar-refractivity contribution in [2.24, 2.45) is 5.41 Å². The van der Waals surface area contributed by atoms with Crippen LogP contribution in [-0.4, -0.2) is 73.9 Å². The van der Waals surface area contributed by atoms with Crippen LogP contribution in [0.4, 0.5) is 4.79 Å². The Balaban J connectivity index is 1.28. The van der Waals surface area contributed by atoms with Gasteiger partial charge in [0.2, 0.25) is 5.91 Å². The number of carboxylic acids is 1. The molecule has 9 nitrogen and oxygen atoms in total. The number of carbonyl (C=O) groups excluding carboxylic acids is 2. The number of nitrogens with one attached hydrogen (secondary N) is 2. The predicted octanol–water partition coefficient (Wildman–Crippen LogP) is 1.47. The molecular weight excluding hydrogens is 450 g/mol. The number of thioether (sulfide) groups is 2. The van der Waals surface area contributed by atoms with Crippen LogP contribution in [0.25, 0.3) is 0 Å². The largest absolute Gasteiger partial charge is 0.481 e. The third kappa shape index (κ3) is 4.83. The number of carbonyl (C=O) groups is 3. The lowest BCUT2D eigenvalue weighted by atomic mass is 9.89. The molecule has 2 aliphatic heterocycles. The Bertz CT molecular complexity index is 981. The number of fused-ring (bicyclic) bond motifs is 1. The Morgan fingerprint density at radius 3 is 2.69 bits per heavy atom. The van der Waals surface area contributed by atoms with Crippen LogP contribution in [0.1, 0.15) is 5.56 Å². The van der Waals surface area contributed by atoms with Gasteiger partial charge >= 0.3 is 12.0 Å². The Kier molecular flexibility index (Phi) is 6.85. The molecule has 32 heavy (non-hydrogen) atoms.